The Balaban J connectivity index is 2.23. The summed E-state index contributed by atoms with van der Waals surface area (Å²) in [5.41, 5.74) is 0.267. The molecule has 7 nitrogen and oxygen atoms in total. The standard InChI is InChI=1S/C12H16N4O3/c1-12(5-19-6-12)4-16-7-13-9-8(16)10(17)15(3)11(18)14(9)2/h7H,4-6H2,1-3H3. The van der Waals surface area contributed by atoms with Gasteiger partial charge in [-0.2, -0.15) is 0 Å². The minimum Gasteiger partial charge on any atom is -0.380 e. The third kappa shape index (κ3) is 1.65. The van der Waals surface area contributed by atoms with E-state index < -0.39 is 0 Å². The molecule has 7 heteroatoms. The van der Waals surface area contributed by atoms with Gasteiger partial charge in [0.05, 0.1) is 19.5 Å². The molecule has 2 aromatic heterocycles. The van der Waals surface area contributed by atoms with Crippen LogP contribution >= 0.6 is 0 Å². The lowest BCUT2D eigenvalue weighted by Crippen LogP contribution is -2.44. The van der Waals surface area contributed by atoms with E-state index in [1.165, 1.54) is 11.6 Å². The molecule has 1 fully saturated rings. The Morgan fingerprint density at radius 2 is 2.00 bits per heavy atom. The SMILES string of the molecule is Cn1c(=O)c2c(ncn2CC2(C)COC2)n(C)c1=O. The molecule has 3 heterocycles. The number of fused-ring (bicyclic) bond motifs is 1. The number of imidazole rings is 1. The summed E-state index contributed by atoms with van der Waals surface area (Å²) in [7, 11) is 3.10. The number of rotatable bonds is 2. The maximum atomic E-state index is 12.2. The number of aromatic nitrogens is 4. The molecule has 0 atom stereocenters. The quantitative estimate of drug-likeness (QED) is 0.731. The molecule has 0 spiro atoms. The maximum Gasteiger partial charge on any atom is 0.332 e. The lowest BCUT2D eigenvalue weighted by molar-refractivity contribution is -0.109. The Bertz CT molecular complexity index is 764. The largest absolute Gasteiger partial charge is 0.380 e. The lowest BCUT2D eigenvalue weighted by Gasteiger charge is -2.38. The Morgan fingerprint density at radius 1 is 1.32 bits per heavy atom. The van der Waals surface area contributed by atoms with E-state index in [-0.39, 0.29) is 16.7 Å². The van der Waals surface area contributed by atoms with Gasteiger partial charge in [-0.25, -0.2) is 9.78 Å². The summed E-state index contributed by atoms with van der Waals surface area (Å²) in [6, 6.07) is 0. The van der Waals surface area contributed by atoms with Crippen LogP contribution in [0.25, 0.3) is 11.2 Å². The molecular formula is C12H16N4O3. The van der Waals surface area contributed by atoms with Crippen LogP contribution in [0.15, 0.2) is 15.9 Å². The van der Waals surface area contributed by atoms with Crippen molar-refractivity contribution in [3.8, 4) is 0 Å². The second-order valence-electron chi connectivity index (χ2n) is 5.55. The summed E-state index contributed by atoms with van der Waals surface area (Å²) in [4.78, 5) is 28.3. The van der Waals surface area contributed by atoms with Crippen LogP contribution < -0.4 is 11.2 Å². The second kappa shape index (κ2) is 3.80. The van der Waals surface area contributed by atoms with E-state index >= 15 is 0 Å². The van der Waals surface area contributed by atoms with Gasteiger partial charge < -0.3 is 9.30 Å². The third-order valence-electron chi connectivity index (χ3n) is 3.67. The normalized spacial score (nSPS) is 17.6. The van der Waals surface area contributed by atoms with Crippen molar-refractivity contribution >= 4 is 11.2 Å². The molecule has 0 saturated carbocycles. The molecule has 0 aromatic carbocycles. The van der Waals surface area contributed by atoms with Gasteiger partial charge in [0.25, 0.3) is 5.56 Å². The van der Waals surface area contributed by atoms with E-state index in [1.54, 1.807) is 13.4 Å². The zero-order valence-corrected chi connectivity index (χ0v) is 11.2. The molecule has 1 saturated heterocycles. The molecular weight excluding hydrogens is 248 g/mol. The minimum atomic E-state index is -0.360. The third-order valence-corrected chi connectivity index (χ3v) is 3.67. The first-order valence-electron chi connectivity index (χ1n) is 6.11. The molecule has 102 valence electrons. The number of ether oxygens (including phenoxy) is 1. The van der Waals surface area contributed by atoms with E-state index in [0.717, 1.165) is 4.57 Å². The Kier molecular flexibility index (Phi) is 2.43. The molecule has 2 aromatic rings. The van der Waals surface area contributed by atoms with Crippen LogP contribution in [0.3, 0.4) is 0 Å². The highest BCUT2D eigenvalue weighted by Crippen LogP contribution is 2.29. The smallest absolute Gasteiger partial charge is 0.332 e. The van der Waals surface area contributed by atoms with Gasteiger partial charge in [-0.05, 0) is 0 Å². The first-order chi connectivity index (χ1) is 8.93. The molecule has 0 aliphatic carbocycles. The summed E-state index contributed by atoms with van der Waals surface area (Å²) in [5, 5.41) is 0. The van der Waals surface area contributed by atoms with Gasteiger partial charge in [0, 0.05) is 26.1 Å². The molecule has 0 N–H and O–H groups in total. The van der Waals surface area contributed by atoms with Gasteiger partial charge in [0.1, 0.15) is 0 Å². The average molecular weight is 264 g/mol. The van der Waals surface area contributed by atoms with Gasteiger partial charge >= 0.3 is 5.69 Å². The number of aryl methyl sites for hydroxylation is 1. The van der Waals surface area contributed by atoms with Gasteiger partial charge in [0.15, 0.2) is 11.2 Å². The summed E-state index contributed by atoms with van der Waals surface area (Å²) in [6.45, 7) is 4.13. The van der Waals surface area contributed by atoms with Gasteiger partial charge in [0.2, 0.25) is 0 Å². The Hall–Kier alpha value is -1.89. The van der Waals surface area contributed by atoms with Gasteiger partial charge in [-0.3, -0.25) is 13.9 Å². The van der Waals surface area contributed by atoms with Crippen molar-refractivity contribution < 1.29 is 4.74 Å². The molecule has 19 heavy (non-hydrogen) atoms. The molecule has 0 unspecified atom stereocenters. The predicted octanol–water partition coefficient (Wildman–Crippen LogP) is -0.530. The van der Waals surface area contributed by atoms with Crippen molar-refractivity contribution in [3.63, 3.8) is 0 Å². The number of hydrogen-bond donors (Lipinski definition) is 0. The Labute approximate surface area is 109 Å². The van der Waals surface area contributed by atoms with E-state index in [2.05, 4.69) is 11.9 Å². The van der Waals surface area contributed by atoms with Crippen molar-refractivity contribution in [3.05, 3.63) is 27.2 Å². The van der Waals surface area contributed by atoms with Crippen molar-refractivity contribution in [2.75, 3.05) is 13.2 Å². The van der Waals surface area contributed by atoms with Crippen LogP contribution in [0.2, 0.25) is 0 Å². The topological polar surface area (TPSA) is 71.0 Å². The van der Waals surface area contributed by atoms with Crippen LogP contribution in [0.5, 0.6) is 0 Å². The minimum absolute atomic E-state index is 0.0351. The second-order valence-corrected chi connectivity index (χ2v) is 5.55. The van der Waals surface area contributed by atoms with E-state index in [0.29, 0.717) is 30.9 Å². The maximum absolute atomic E-state index is 12.2. The predicted molar refractivity (Wildman–Crippen MR) is 69.1 cm³/mol. The summed E-state index contributed by atoms with van der Waals surface area (Å²) in [5.74, 6) is 0. The summed E-state index contributed by atoms with van der Waals surface area (Å²) >= 11 is 0. The molecule has 0 radical (unpaired) electrons. The first-order valence-corrected chi connectivity index (χ1v) is 6.11. The number of nitrogens with zero attached hydrogens (tertiary/aromatic N) is 4. The van der Waals surface area contributed by atoms with Crippen LogP contribution in [-0.4, -0.2) is 31.9 Å². The van der Waals surface area contributed by atoms with E-state index in [9.17, 15) is 9.59 Å². The highest BCUT2D eigenvalue weighted by molar-refractivity contribution is 5.69. The van der Waals surface area contributed by atoms with E-state index in [4.69, 9.17) is 4.74 Å². The zero-order valence-electron chi connectivity index (χ0n) is 11.2. The molecule has 0 amide bonds. The van der Waals surface area contributed by atoms with Gasteiger partial charge in [-0.1, -0.05) is 6.92 Å². The lowest BCUT2D eigenvalue weighted by atomic mass is 9.88. The molecule has 1 aliphatic rings. The van der Waals surface area contributed by atoms with Crippen LogP contribution in [0.4, 0.5) is 0 Å². The van der Waals surface area contributed by atoms with Crippen molar-refractivity contribution in [2.45, 2.75) is 13.5 Å². The molecule has 1 aliphatic heterocycles. The monoisotopic (exact) mass is 264 g/mol. The van der Waals surface area contributed by atoms with Crippen molar-refractivity contribution in [2.24, 2.45) is 19.5 Å². The number of hydrogen-bond acceptors (Lipinski definition) is 4. The molecule has 3 rings (SSSR count). The molecule has 0 bridgehead atoms. The van der Waals surface area contributed by atoms with Crippen LogP contribution in [-0.2, 0) is 25.4 Å². The highest BCUT2D eigenvalue weighted by atomic mass is 16.5. The summed E-state index contributed by atoms with van der Waals surface area (Å²) in [6.07, 6.45) is 1.62. The van der Waals surface area contributed by atoms with Crippen LogP contribution in [0, 0.1) is 5.41 Å². The van der Waals surface area contributed by atoms with Gasteiger partial charge in [-0.15, -0.1) is 0 Å². The first kappa shape index (κ1) is 12.2. The van der Waals surface area contributed by atoms with E-state index in [1.807, 2.05) is 4.57 Å². The van der Waals surface area contributed by atoms with Crippen LogP contribution in [0.1, 0.15) is 6.92 Å². The fraction of sp³-hybridized carbons (Fsp3) is 0.583. The average Bonchev–Trinajstić information content (AvgIpc) is 2.75. The Morgan fingerprint density at radius 3 is 2.58 bits per heavy atom. The fourth-order valence-electron chi connectivity index (χ4n) is 2.47. The van der Waals surface area contributed by atoms with Crippen molar-refractivity contribution in [1.82, 2.24) is 18.7 Å². The van der Waals surface area contributed by atoms with Crippen molar-refractivity contribution in [1.29, 1.82) is 0 Å². The zero-order chi connectivity index (χ0) is 13.8. The summed E-state index contributed by atoms with van der Waals surface area (Å²) < 4.78 is 9.55. The fourth-order valence-corrected chi connectivity index (χ4v) is 2.47. The highest BCUT2D eigenvalue weighted by Gasteiger charge is 2.34.